The highest BCUT2D eigenvalue weighted by atomic mass is 16.7. The molecule has 0 heterocycles. The highest BCUT2D eigenvalue weighted by Crippen LogP contribution is 2.55. The molecule has 1 saturated carbocycles. The smallest absolute Gasteiger partial charge is 0.307 e. The Morgan fingerprint density at radius 1 is 0.269 bits per heavy atom. The largest absolute Gasteiger partial charge is 0.443 e. The van der Waals surface area contributed by atoms with Gasteiger partial charge in [0, 0.05) is 38.5 Å². The van der Waals surface area contributed by atoms with Gasteiger partial charge in [0.25, 0.3) is 5.60 Å². The summed E-state index contributed by atoms with van der Waals surface area (Å²) in [5.41, 5.74) is -10.0. The van der Waals surface area contributed by atoms with Crippen LogP contribution in [-0.4, -0.2) is 85.7 Å². The van der Waals surface area contributed by atoms with Crippen molar-refractivity contribution in [2.24, 2.45) is 0 Å². The topological polar surface area (TPSA) is 191 Å². The maximum Gasteiger partial charge on any atom is 0.307 e. The number of carbonyl (C=O) groups excluding carboxylic acids is 6. The van der Waals surface area contributed by atoms with Crippen LogP contribution in [0.3, 0.4) is 0 Å². The van der Waals surface area contributed by atoms with Crippen LogP contribution < -0.4 is 0 Å². The van der Waals surface area contributed by atoms with Gasteiger partial charge in [-0.25, -0.2) is 0 Å². The second-order valence-corrected chi connectivity index (χ2v) is 23.5. The van der Waals surface area contributed by atoms with Crippen LogP contribution in [0.25, 0.3) is 0 Å². The van der Waals surface area contributed by atoms with E-state index in [9.17, 15) is 24.9 Å². The molecule has 0 aliphatic heterocycles. The fourth-order valence-electron chi connectivity index (χ4n) is 11.7. The van der Waals surface area contributed by atoms with Gasteiger partial charge < -0.3 is 29.5 Å². The van der Waals surface area contributed by atoms with Crippen LogP contribution in [0.2, 0.25) is 0 Å². The molecule has 1 aliphatic carbocycles. The van der Waals surface area contributed by atoms with Gasteiger partial charge in [-0.3, -0.25) is 28.8 Å². The second kappa shape index (κ2) is 45.9. The predicted octanol–water partition coefficient (Wildman–Crippen LogP) is 16.5. The lowest BCUT2D eigenvalue weighted by Gasteiger charge is -2.61. The number of ketones is 3. The van der Waals surface area contributed by atoms with Crippen molar-refractivity contribution in [3.05, 3.63) is 0 Å². The van der Waals surface area contributed by atoms with Gasteiger partial charge in [0.05, 0.1) is 0 Å². The van der Waals surface area contributed by atoms with E-state index in [4.69, 9.17) is 14.2 Å². The summed E-state index contributed by atoms with van der Waals surface area (Å²) < 4.78 is 19.6. The highest BCUT2D eigenvalue weighted by molar-refractivity contribution is 6.10. The van der Waals surface area contributed by atoms with Crippen molar-refractivity contribution in [3.8, 4) is 0 Å². The first-order valence-corrected chi connectivity index (χ1v) is 33.1. The van der Waals surface area contributed by atoms with Gasteiger partial charge in [-0.15, -0.1) is 0 Å². The van der Waals surface area contributed by atoms with Crippen molar-refractivity contribution in [1.29, 1.82) is 0 Å². The number of Topliss-reactive ketones (excluding diaryl/α,β-unsaturated/α-hetero) is 3. The van der Waals surface area contributed by atoms with E-state index in [0.717, 1.165) is 193 Å². The van der Waals surface area contributed by atoms with E-state index in [1.165, 1.54) is 0 Å². The van der Waals surface area contributed by atoms with E-state index in [2.05, 4.69) is 41.5 Å². The average molecular weight is 1110 g/mol. The van der Waals surface area contributed by atoms with Crippen molar-refractivity contribution in [2.45, 2.75) is 385 Å². The Morgan fingerprint density at radius 3 is 0.705 bits per heavy atom. The fraction of sp³-hybridized carbons (Fsp3) is 0.909. The van der Waals surface area contributed by atoms with Crippen LogP contribution >= 0.6 is 0 Å². The molecule has 12 nitrogen and oxygen atoms in total. The van der Waals surface area contributed by atoms with E-state index < -0.39 is 89.6 Å². The van der Waals surface area contributed by atoms with E-state index >= 15 is 19.2 Å². The molecular weight excluding hydrogens is 985 g/mol. The van der Waals surface area contributed by atoms with Gasteiger partial charge in [-0.2, -0.15) is 0 Å². The molecule has 78 heavy (non-hydrogen) atoms. The van der Waals surface area contributed by atoms with Crippen LogP contribution in [0.15, 0.2) is 0 Å². The predicted molar refractivity (Wildman–Crippen MR) is 315 cm³/mol. The number of carbonyl (C=O) groups is 6. The van der Waals surface area contributed by atoms with Crippen LogP contribution in [0.5, 0.6) is 0 Å². The molecule has 2 unspecified atom stereocenters. The van der Waals surface area contributed by atoms with Gasteiger partial charge in [0.2, 0.25) is 11.2 Å². The first kappa shape index (κ1) is 73.3. The zero-order valence-corrected chi connectivity index (χ0v) is 51.2. The molecular formula is C66H120O12. The highest BCUT2D eigenvalue weighted by Gasteiger charge is 2.87. The minimum atomic E-state index is -3.42. The molecule has 0 spiro atoms. The van der Waals surface area contributed by atoms with Crippen LogP contribution in [0.1, 0.15) is 350 Å². The minimum absolute atomic E-state index is 0.193. The molecule has 12 heteroatoms. The Hall–Kier alpha value is -2.70. The zero-order valence-electron chi connectivity index (χ0n) is 51.2. The average Bonchev–Trinajstić information content (AvgIpc) is 3.57. The van der Waals surface area contributed by atoms with Gasteiger partial charge in [0.15, 0.2) is 17.3 Å². The summed E-state index contributed by atoms with van der Waals surface area (Å²) in [7, 11) is 0. The lowest BCUT2D eigenvalue weighted by molar-refractivity contribution is -0.324. The zero-order chi connectivity index (χ0) is 57.8. The van der Waals surface area contributed by atoms with Crippen LogP contribution in [-0.2, 0) is 43.0 Å². The summed E-state index contributed by atoms with van der Waals surface area (Å²) in [5, 5.41) is 38.2. The van der Waals surface area contributed by atoms with Crippen molar-refractivity contribution in [2.75, 3.05) is 0 Å². The SMILES string of the molecule is CCCCCCCCCC(=O)OC1(C(=O)CCCCCCCCC)[C@@](OC(=O)CCCCCCCCC)(C(=O)CCCCCCCCC)[C@@H](O)C(O)[C@@H](O)[C@@]1(OC(=O)CCCCCCCCC)C(=O)CCCCCCCCC. The third kappa shape index (κ3) is 25.6. The van der Waals surface area contributed by atoms with Gasteiger partial charge in [-0.1, -0.05) is 273 Å². The summed E-state index contributed by atoms with van der Waals surface area (Å²) >= 11 is 0. The number of rotatable bonds is 54. The van der Waals surface area contributed by atoms with E-state index in [1.807, 2.05) is 0 Å². The summed E-state index contributed by atoms with van der Waals surface area (Å²) in [6.07, 6.45) is 24.9. The summed E-state index contributed by atoms with van der Waals surface area (Å²) in [6, 6.07) is 0. The van der Waals surface area contributed by atoms with Crippen molar-refractivity contribution >= 4 is 35.3 Å². The summed E-state index contributed by atoms with van der Waals surface area (Å²) in [4.78, 5) is 92.9. The number of aliphatic hydroxyl groups is 3. The lowest BCUT2D eigenvalue weighted by Crippen LogP contribution is -2.91. The molecule has 0 saturated heterocycles. The Kier molecular flexibility index (Phi) is 43.1. The number of hydrogen-bond acceptors (Lipinski definition) is 12. The van der Waals surface area contributed by atoms with Gasteiger partial charge >= 0.3 is 17.9 Å². The molecule has 1 fully saturated rings. The number of unbranched alkanes of at least 4 members (excludes halogenated alkanes) is 36. The van der Waals surface area contributed by atoms with E-state index in [0.29, 0.717) is 57.8 Å². The molecule has 6 atom stereocenters. The molecule has 0 aromatic rings. The standard InChI is InChI=1S/C66H120O12/c1-7-13-19-25-31-37-43-49-55(67)64(76-58(70)52-46-40-34-28-22-16-10-4)62(74)61(73)63(75)65(56(68)50-44-38-32-26-20-14-8-2,77-59(71)53-47-41-35-29-23-17-11-5)66(64,57(69)51-45-39-33-27-21-15-9-3)78-60(72)54-48-42-36-30-24-18-12-6/h61-63,73-75H,7-54H2,1-6H3/t61?,62-,63+,64+,65-,66?. The Balaban J connectivity index is 4.47. The van der Waals surface area contributed by atoms with Gasteiger partial charge in [-0.05, 0) is 38.5 Å². The maximum absolute atomic E-state index is 16.3. The second-order valence-electron chi connectivity index (χ2n) is 23.5. The fourth-order valence-corrected chi connectivity index (χ4v) is 11.7. The normalized spacial score (nSPS) is 21.1. The van der Waals surface area contributed by atoms with Gasteiger partial charge in [0.1, 0.15) is 18.3 Å². The minimum Gasteiger partial charge on any atom is -0.443 e. The Labute approximate surface area is 476 Å². The summed E-state index contributed by atoms with van der Waals surface area (Å²) in [5.74, 6) is -6.16. The Morgan fingerprint density at radius 2 is 0.462 bits per heavy atom. The third-order valence-corrected chi connectivity index (χ3v) is 16.5. The first-order chi connectivity index (χ1) is 37.8. The number of hydrogen-bond donors (Lipinski definition) is 3. The Bertz CT molecular complexity index is 1500. The molecule has 0 aromatic carbocycles. The van der Waals surface area contributed by atoms with Crippen molar-refractivity contribution in [1.82, 2.24) is 0 Å². The van der Waals surface area contributed by atoms with E-state index in [1.54, 1.807) is 0 Å². The molecule has 3 N–H and O–H groups in total. The number of esters is 3. The molecule has 456 valence electrons. The number of aliphatic hydroxyl groups excluding tert-OH is 3. The molecule has 0 bridgehead atoms. The maximum atomic E-state index is 16.3. The van der Waals surface area contributed by atoms with E-state index in [-0.39, 0.29) is 38.5 Å². The molecule has 1 aliphatic rings. The van der Waals surface area contributed by atoms with Crippen molar-refractivity contribution in [3.63, 3.8) is 0 Å². The monoisotopic (exact) mass is 1100 g/mol. The van der Waals surface area contributed by atoms with Crippen molar-refractivity contribution < 1.29 is 58.3 Å². The molecule has 1 rings (SSSR count). The van der Waals surface area contributed by atoms with Crippen LogP contribution in [0, 0.1) is 0 Å². The quantitative estimate of drug-likeness (QED) is 0.0297. The first-order valence-electron chi connectivity index (χ1n) is 33.1. The molecule has 0 radical (unpaired) electrons. The summed E-state index contributed by atoms with van der Waals surface area (Å²) in [6.45, 7) is 12.8. The lowest BCUT2D eigenvalue weighted by atomic mass is 9.53. The molecule has 0 amide bonds. The molecule has 0 aromatic heterocycles. The number of ether oxygens (including phenoxy) is 3. The van der Waals surface area contributed by atoms with Crippen LogP contribution in [0.4, 0.5) is 0 Å². The third-order valence-electron chi connectivity index (χ3n) is 16.5.